The van der Waals surface area contributed by atoms with Crippen molar-refractivity contribution in [2.45, 2.75) is 30.7 Å². The van der Waals surface area contributed by atoms with Gasteiger partial charge in [-0.05, 0) is 41.8 Å². The lowest BCUT2D eigenvalue weighted by Gasteiger charge is -2.23. The highest BCUT2D eigenvalue weighted by molar-refractivity contribution is 9.11. The summed E-state index contributed by atoms with van der Waals surface area (Å²) in [6, 6.07) is 0.675. The van der Waals surface area contributed by atoms with Crippen molar-refractivity contribution in [2.75, 3.05) is 16.8 Å². The van der Waals surface area contributed by atoms with Gasteiger partial charge < -0.3 is 4.90 Å². The topological polar surface area (TPSA) is 104 Å². The van der Waals surface area contributed by atoms with Crippen LogP contribution in [0, 0.1) is 0 Å². The third kappa shape index (κ3) is 4.27. The zero-order valence-electron chi connectivity index (χ0n) is 13.6. The van der Waals surface area contributed by atoms with E-state index in [-0.39, 0.29) is 15.0 Å². The first-order chi connectivity index (χ1) is 12.3. The van der Waals surface area contributed by atoms with Gasteiger partial charge in [0.15, 0.2) is 5.13 Å². The minimum absolute atomic E-state index is 0.187. The summed E-state index contributed by atoms with van der Waals surface area (Å²) >= 11 is 10.6. The monoisotopic (exact) mass is 479 g/mol. The summed E-state index contributed by atoms with van der Waals surface area (Å²) in [6.07, 6.45) is 4.76. The van der Waals surface area contributed by atoms with Crippen LogP contribution < -0.4 is 14.9 Å². The standard InChI is InChI=1S/C14H15BrClN5O3S2/c1-8-3-2-4-21(8)12-10(16)5-9(6-17-12)26(23,24)20-13(22)19-14-18-7-11(15)25-14/h5-8H,2-4H2,1H3,(H2,18,19,20,22). The second-order valence-corrected chi connectivity index (χ2v) is 10.2. The van der Waals surface area contributed by atoms with E-state index in [1.807, 2.05) is 9.62 Å². The molecule has 3 heterocycles. The normalized spacial score (nSPS) is 17.3. The van der Waals surface area contributed by atoms with E-state index < -0.39 is 16.1 Å². The summed E-state index contributed by atoms with van der Waals surface area (Å²) in [5.74, 6) is 0.549. The van der Waals surface area contributed by atoms with Crippen molar-refractivity contribution in [3.63, 3.8) is 0 Å². The number of aromatic nitrogens is 2. The minimum atomic E-state index is -4.11. The molecule has 1 aliphatic rings. The summed E-state index contributed by atoms with van der Waals surface area (Å²) in [5, 5.41) is 2.84. The van der Waals surface area contributed by atoms with E-state index in [0.29, 0.717) is 15.6 Å². The first-order valence-corrected chi connectivity index (χ1v) is 11.1. The predicted molar refractivity (Wildman–Crippen MR) is 104 cm³/mol. The Hall–Kier alpha value is -1.43. The Bertz CT molecular complexity index is 936. The Morgan fingerprint density at radius 1 is 1.42 bits per heavy atom. The highest BCUT2D eigenvalue weighted by atomic mass is 79.9. The number of carbonyl (C=O) groups is 1. The molecular weight excluding hydrogens is 466 g/mol. The number of hydrogen-bond acceptors (Lipinski definition) is 7. The Kier molecular flexibility index (Phi) is 5.70. The third-order valence-corrected chi connectivity index (χ3v) is 6.82. The number of nitrogens with zero attached hydrogens (tertiary/aromatic N) is 3. The second-order valence-electron chi connectivity index (χ2n) is 5.69. The van der Waals surface area contributed by atoms with E-state index >= 15 is 0 Å². The molecule has 26 heavy (non-hydrogen) atoms. The van der Waals surface area contributed by atoms with Crippen molar-refractivity contribution in [3.05, 3.63) is 27.3 Å². The quantitative estimate of drug-likeness (QED) is 0.694. The first-order valence-electron chi connectivity index (χ1n) is 7.63. The largest absolute Gasteiger partial charge is 0.353 e. The SMILES string of the molecule is CC1CCCN1c1ncc(S(=O)(=O)NC(=O)Nc2ncc(Br)s2)cc1Cl. The third-order valence-electron chi connectivity index (χ3n) is 3.86. The average molecular weight is 481 g/mol. The Morgan fingerprint density at radius 3 is 2.77 bits per heavy atom. The van der Waals surface area contributed by atoms with Gasteiger partial charge in [0, 0.05) is 18.8 Å². The molecule has 0 aliphatic carbocycles. The van der Waals surface area contributed by atoms with Crippen LogP contribution >= 0.6 is 38.9 Å². The molecule has 0 spiro atoms. The number of rotatable bonds is 4. The zero-order valence-corrected chi connectivity index (χ0v) is 17.5. The molecule has 1 aliphatic heterocycles. The number of carbonyl (C=O) groups excluding carboxylic acids is 1. The van der Waals surface area contributed by atoms with E-state index in [0.717, 1.165) is 30.7 Å². The van der Waals surface area contributed by atoms with Crippen molar-refractivity contribution in [3.8, 4) is 0 Å². The molecule has 1 unspecified atom stereocenters. The lowest BCUT2D eigenvalue weighted by Crippen LogP contribution is -2.34. The van der Waals surface area contributed by atoms with Crippen molar-refractivity contribution >= 4 is 65.9 Å². The summed E-state index contributed by atoms with van der Waals surface area (Å²) in [4.78, 5) is 21.9. The Balaban J connectivity index is 1.74. The molecule has 0 radical (unpaired) electrons. The summed E-state index contributed by atoms with van der Waals surface area (Å²) in [5.41, 5.74) is 0. The highest BCUT2D eigenvalue weighted by Gasteiger charge is 2.26. The molecule has 2 aromatic rings. The van der Waals surface area contributed by atoms with E-state index in [1.54, 1.807) is 0 Å². The lowest BCUT2D eigenvalue weighted by atomic mass is 10.2. The molecule has 8 nitrogen and oxygen atoms in total. The molecule has 0 bridgehead atoms. The maximum absolute atomic E-state index is 12.4. The van der Waals surface area contributed by atoms with Gasteiger partial charge >= 0.3 is 6.03 Å². The number of amides is 2. The fraction of sp³-hybridized carbons (Fsp3) is 0.357. The molecule has 1 atom stereocenters. The average Bonchev–Trinajstić information content (AvgIpc) is 3.15. The molecule has 2 amide bonds. The van der Waals surface area contributed by atoms with E-state index in [9.17, 15) is 13.2 Å². The van der Waals surface area contributed by atoms with Crippen LogP contribution in [0.15, 0.2) is 27.1 Å². The lowest BCUT2D eigenvalue weighted by molar-refractivity contribution is 0.256. The summed E-state index contributed by atoms with van der Waals surface area (Å²) in [6.45, 7) is 2.89. The van der Waals surface area contributed by atoms with Gasteiger partial charge in [0.05, 0.1) is 15.0 Å². The van der Waals surface area contributed by atoms with Gasteiger partial charge in [0.1, 0.15) is 10.7 Å². The molecule has 2 N–H and O–H groups in total. The number of hydrogen-bond donors (Lipinski definition) is 2. The number of sulfonamides is 1. The zero-order chi connectivity index (χ0) is 18.9. The van der Waals surface area contributed by atoms with Crippen LogP contribution in [0.1, 0.15) is 19.8 Å². The van der Waals surface area contributed by atoms with E-state index in [1.165, 1.54) is 18.5 Å². The van der Waals surface area contributed by atoms with Gasteiger partial charge in [0.25, 0.3) is 10.0 Å². The molecule has 1 fully saturated rings. The van der Waals surface area contributed by atoms with Gasteiger partial charge in [0.2, 0.25) is 0 Å². The first kappa shape index (κ1) is 19.3. The smallest absolute Gasteiger partial charge is 0.334 e. The molecule has 12 heteroatoms. The second kappa shape index (κ2) is 7.67. The van der Waals surface area contributed by atoms with Gasteiger partial charge in [-0.15, -0.1) is 0 Å². The summed E-state index contributed by atoms with van der Waals surface area (Å²) in [7, 11) is -4.11. The summed E-state index contributed by atoms with van der Waals surface area (Å²) < 4.78 is 27.4. The number of thiazole rings is 1. The molecule has 2 aromatic heterocycles. The van der Waals surface area contributed by atoms with Gasteiger partial charge in [-0.2, -0.15) is 0 Å². The molecular formula is C14H15BrClN5O3S2. The predicted octanol–water partition coefficient (Wildman–Crippen LogP) is 3.45. The van der Waals surface area contributed by atoms with Crippen molar-refractivity contribution < 1.29 is 13.2 Å². The molecule has 0 aromatic carbocycles. The number of urea groups is 1. The molecule has 0 saturated carbocycles. The molecule has 3 rings (SSSR count). The maximum Gasteiger partial charge on any atom is 0.334 e. The van der Waals surface area contributed by atoms with Crippen molar-refractivity contribution in [1.82, 2.24) is 14.7 Å². The Morgan fingerprint density at radius 2 is 2.19 bits per heavy atom. The van der Waals surface area contributed by atoms with Crippen LogP contribution in [-0.4, -0.2) is 37.0 Å². The maximum atomic E-state index is 12.4. The highest BCUT2D eigenvalue weighted by Crippen LogP contribution is 2.31. The number of halogens is 2. The van der Waals surface area contributed by atoms with Gasteiger partial charge in [-0.1, -0.05) is 22.9 Å². The molecule has 140 valence electrons. The number of nitrogens with one attached hydrogen (secondary N) is 2. The van der Waals surface area contributed by atoms with Crippen LogP contribution in [0.3, 0.4) is 0 Å². The van der Waals surface area contributed by atoms with E-state index in [4.69, 9.17) is 11.6 Å². The van der Waals surface area contributed by atoms with Crippen LogP contribution in [0.4, 0.5) is 15.7 Å². The fourth-order valence-corrected chi connectivity index (χ4v) is 4.95. The molecule has 1 saturated heterocycles. The van der Waals surface area contributed by atoms with Crippen LogP contribution in [-0.2, 0) is 10.0 Å². The minimum Gasteiger partial charge on any atom is -0.353 e. The fourth-order valence-electron chi connectivity index (χ4n) is 2.64. The van der Waals surface area contributed by atoms with Crippen molar-refractivity contribution in [1.29, 1.82) is 0 Å². The van der Waals surface area contributed by atoms with E-state index in [2.05, 4.69) is 38.1 Å². The van der Waals surface area contributed by atoms with Gasteiger partial charge in [-0.3, -0.25) is 5.32 Å². The number of pyridine rings is 1. The van der Waals surface area contributed by atoms with Crippen molar-refractivity contribution in [2.24, 2.45) is 0 Å². The van der Waals surface area contributed by atoms with Crippen LogP contribution in [0.2, 0.25) is 5.02 Å². The Labute approximate surface area is 168 Å². The van der Waals surface area contributed by atoms with Crippen LogP contribution in [0.25, 0.3) is 0 Å². The number of anilines is 2. The van der Waals surface area contributed by atoms with Gasteiger partial charge in [-0.25, -0.2) is 27.9 Å². The van der Waals surface area contributed by atoms with Crippen LogP contribution in [0.5, 0.6) is 0 Å².